The summed E-state index contributed by atoms with van der Waals surface area (Å²) in [6.07, 6.45) is 41.5. The standard InChI is InChI=1S/C41H74NO8P/c1-3-5-7-9-11-13-15-17-18-20-22-24-26-28-34-46-36-38(37-48-51(44,45)47-35-33-42)49-41(43)32-29-31-40-39(50-40)30-27-25-23-21-19-16-14-12-10-8-6-4-2/h12,14,19,21,23,25,27,30,38-40H,3-11,13,15-18,20,22,24,26,28-29,31-37,42H2,1-2H3,(H,44,45)/b14-12+,21-19+,25-23-,30-27-. The number of allylic oxidation sites excluding steroid dienone is 7. The fourth-order valence-corrected chi connectivity index (χ4v) is 6.39. The Bertz CT molecular complexity index is 985. The summed E-state index contributed by atoms with van der Waals surface area (Å²) in [6.45, 7) is 4.76. The first-order valence-corrected chi connectivity index (χ1v) is 21.8. The van der Waals surface area contributed by atoms with Crippen molar-refractivity contribution in [2.75, 3.05) is 33.0 Å². The van der Waals surface area contributed by atoms with E-state index in [2.05, 4.69) is 32.1 Å². The van der Waals surface area contributed by atoms with Crippen LogP contribution >= 0.6 is 7.82 Å². The topological polar surface area (TPSA) is 130 Å². The molecule has 4 unspecified atom stereocenters. The third-order valence-corrected chi connectivity index (χ3v) is 9.70. The van der Waals surface area contributed by atoms with Gasteiger partial charge in [0.2, 0.25) is 0 Å². The first kappa shape index (κ1) is 47.4. The molecule has 0 saturated carbocycles. The van der Waals surface area contributed by atoms with Crippen LogP contribution in [0.2, 0.25) is 0 Å². The number of esters is 1. The molecule has 0 amide bonds. The molecule has 1 aliphatic rings. The molecule has 1 saturated heterocycles. The van der Waals surface area contributed by atoms with E-state index in [1.165, 1.54) is 96.3 Å². The third-order valence-electron chi connectivity index (χ3n) is 8.71. The largest absolute Gasteiger partial charge is 0.472 e. The van der Waals surface area contributed by atoms with E-state index in [4.69, 9.17) is 29.0 Å². The Morgan fingerprint density at radius 3 is 2.04 bits per heavy atom. The van der Waals surface area contributed by atoms with Crippen LogP contribution in [-0.2, 0) is 32.6 Å². The molecule has 1 aliphatic heterocycles. The fraction of sp³-hybridized carbons (Fsp3) is 0.780. The molecule has 1 rings (SSSR count). The van der Waals surface area contributed by atoms with Gasteiger partial charge in [0.1, 0.15) is 12.2 Å². The molecule has 0 aromatic heterocycles. The number of carbonyl (C=O) groups excluding carboxylic acids is 1. The highest BCUT2D eigenvalue weighted by molar-refractivity contribution is 7.47. The monoisotopic (exact) mass is 740 g/mol. The lowest BCUT2D eigenvalue weighted by Gasteiger charge is -2.20. The maximum atomic E-state index is 12.6. The zero-order valence-electron chi connectivity index (χ0n) is 32.3. The van der Waals surface area contributed by atoms with Crippen molar-refractivity contribution < 1.29 is 37.5 Å². The van der Waals surface area contributed by atoms with Crippen LogP contribution in [0.3, 0.4) is 0 Å². The van der Waals surface area contributed by atoms with Crippen molar-refractivity contribution in [3.05, 3.63) is 48.6 Å². The molecule has 1 fully saturated rings. The van der Waals surface area contributed by atoms with Crippen LogP contribution in [0.1, 0.15) is 155 Å². The minimum Gasteiger partial charge on any atom is -0.457 e. The van der Waals surface area contributed by atoms with Gasteiger partial charge in [0.15, 0.2) is 0 Å². The molecule has 0 aliphatic carbocycles. The molecule has 0 aromatic rings. The van der Waals surface area contributed by atoms with Gasteiger partial charge in [-0.15, -0.1) is 0 Å². The van der Waals surface area contributed by atoms with Crippen LogP contribution in [-0.4, -0.2) is 62.1 Å². The minimum atomic E-state index is -4.30. The minimum absolute atomic E-state index is 0.0670. The van der Waals surface area contributed by atoms with Crippen molar-refractivity contribution in [1.29, 1.82) is 0 Å². The van der Waals surface area contributed by atoms with E-state index in [-0.39, 0.29) is 45.0 Å². The van der Waals surface area contributed by atoms with Gasteiger partial charge in [0.25, 0.3) is 0 Å². The Hall–Kier alpha value is -1.58. The lowest BCUT2D eigenvalue weighted by Crippen LogP contribution is -2.28. The first-order chi connectivity index (χ1) is 24.9. The van der Waals surface area contributed by atoms with Gasteiger partial charge < -0.3 is 24.8 Å². The van der Waals surface area contributed by atoms with Crippen molar-refractivity contribution in [3.63, 3.8) is 0 Å². The normalized spacial score (nSPS) is 18.0. The number of carbonyl (C=O) groups is 1. The van der Waals surface area contributed by atoms with E-state index in [0.717, 1.165) is 32.1 Å². The molecule has 0 spiro atoms. The Balaban J connectivity index is 2.23. The number of unbranched alkanes of at least 4 members (excludes halogenated alkanes) is 16. The summed E-state index contributed by atoms with van der Waals surface area (Å²) < 4.78 is 39.1. The zero-order valence-corrected chi connectivity index (χ0v) is 33.2. The van der Waals surface area contributed by atoms with E-state index in [9.17, 15) is 14.3 Å². The van der Waals surface area contributed by atoms with Crippen LogP contribution in [0.5, 0.6) is 0 Å². The van der Waals surface area contributed by atoms with Crippen LogP contribution in [0, 0.1) is 0 Å². The van der Waals surface area contributed by atoms with Gasteiger partial charge >= 0.3 is 13.8 Å². The number of ether oxygens (including phenoxy) is 3. The van der Waals surface area contributed by atoms with E-state index in [0.29, 0.717) is 13.0 Å². The molecule has 1 heterocycles. The Morgan fingerprint density at radius 1 is 0.745 bits per heavy atom. The van der Waals surface area contributed by atoms with Crippen molar-refractivity contribution in [3.8, 4) is 0 Å². The predicted octanol–water partition coefficient (Wildman–Crippen LogP) is 10.6. The second-order valence-corrected chi connectivity index (χ2v) is 15.1. The summed E-state index contributed by atoms with van der Waals surface area (Å²) in [4.78, 5) is 22.5. The van der Waals surface area contributed by atoms with E-state index >= 15 is 0 Å². The third kappa shape index (κ3) is 31.6. The van der Waals surface area contributed by atoms with Gasteiger partial charge in [-0.1, -0.05) is 159 Å². The second-order valence-electron chi connectivity index (χ2n) is 13.6. The number of phosphoric ester groups is 1. The summed E-state index contributed by atoms with van der Waals surface area (Å²) in [5.41, 5.74) is 5.36. The molecule has 9 nitrogen and oxygen atoms in total. The summed E-state index contributed by atoms with van der Waals surface area (Å²) in [5, 5.41) is 0. The van der Waals surface area contributed by atoms with Crippen molar-refractivity contribution >= 4 is 13.8 Å². The predicted molar refractivity (Wildman–Crippen MR) is 210 cm³/mol. The lowest BCUT2D eigenvalue weighted by atomic mass is 10.0. The van der Waals surface area contributed by atoms with Crippen molar-refractivity contribution in [2.24, 2.45) is 5.73 Å². The fourth-order valence-electron chi connectivity index (χ4n) is 5.63. The molecular weight excluding hydrogens is 665 g/mol. The van der Waals surface area contributed by atoms with Crippen LogP contribution in [0.15, 0.2) is 48.6 Å². The Labute approximate surface area is 311 Å². The molecule has 0 bridgehead atoms. The van der Waals surface area contributed by atoms with Gasteiger partial charge in [0.05, 0.1) is 25.9 Å². The number of hydrogen-bond acceptors (Lipinski definition) is 8. The average molecular weight is 740 g/mol. The van der Waals surface area contributed by atoms with Crippen molar-refractivity contribution in [2.45, 2.75) is 173 Å². The summed E-state index contributed by atoms with van der Waals surface area (Å²) >= 11 is 0. The molecule has 51 heavy (non-hydrogen) atoms. The number of rotatable bonds is 37. The number of epoxide rings is 1. The maximum absolute atomic E-state index is 12.6. The Morgan fingerprint density at radius 2 is 1.37 bits per heavy atom. The van der Waals surface area contributed by atoms with Crippen LogP contribution in [0.25, 0.3) is 0 Å². The lowest BCUT2D eigenvalue weighted by molar-refractivity contribution is -0.154. The molecule has 0 aromatic carbocycles. The molecule has 4 atom stereocenters. The first-order valence-electron chi connectivity index (χ1n) is 20.3. The van der Waals surface area contributed by atoms with E-state index in [1.807, 2.05) is 30.4 Å². The van der Waals surface area contributed by atoms with E-state index in [1.54, 1.807) is 0 Å². The molecule has 10 heteroatoms. The van der Waals surface area contributed by atoms with Gasteiger partial charge in [-0.3, -0.25) is 13.8 Å². The molecule has 296 valence electrons. The molecular formula is C41H74NO8P. The summed E-state index contributed by atoms with van der Waals surface area (Å²) in [7, 11) is -4.30. The molecule has 0 radical (unpaired) electrons. The number of phosphoric acid groups is 1. The quantitative estimate of drug-likeness (QED) is 0.0160. The highest BCUT2D eigenvalue weighted by Crippen LogP contribution is 2.43. The van der Waals surface area contributed by atoms with Crippen LogP contribution < -0.4 is 5.73 Å². The van der Waals surface area contributed by atoms with E-state index < -0.39 is 19.9 Å². The van der Waals surface area contributed by atoms with Gasteiger partial charge in [-0.2, -0.15) is 0 Å². The highest BCUT2D eigenvalue weighted by atomic mass is 31.2. The number of hydrogen-bond donors (Lipinski definition) is 2. The zero-order chi connectivity index (χ0) is 37.1. The molecule has 3 N–H and O–H groups in total. The highest BCUT2D eigenvalue weighted by Gasteiger charge is 2.35. The SMILES string of the molecule is CCCCC/C=C/C/C=C/C=C\C=C/C1OC1CCCC(=O)OC(COCCCCCCCCCCCCCCCC)COP(=O)(O)OCCN. The smallest absolute Gasteiger partial charge is 0.457 e. The van der Waals surface area contributed by atoms with Gasteiger partial charge in [0, 0.05) is 19.6 Å². The summed E-state index contributed by atoms with van der Waals surface area (Å²) in [5.74, 6) is -0.405. The Kier molecular flexibility index (Phi) is 31.8. The number of nitrogens with two attached hydrogens (primary N) is 1. The van der Waals surface area contributed by atoms with Gasteiger partial charge in [-0.05, 0) is 38.5 Å². The van der Waals surface area contributed by atoms with Gasteiger partial charge in [-0.25, -0.2) is 4.57 Å². The maximum Gasteiger partial charge on any atom is 0.472 e. The average Bonchev–Trinajstić information content (AvgIpc) is 3.87. The summed E-state index contributed by atoms with van der Waals surface area (Å²) in [6, 6.07) is 0. The second kappa shape index (κ2) is 34.2. The van der Waals surface area contributed by atoms with Crippen LogP contribution in [0.4, 0.5) is 0 Å². The van der Waals surface area contributed by atoms with Crippen molar-refractivity contribution in [1.82, 2.24) is 0 Å².